The maximum atomic E-state index is 12.8. The maximum Gasteiger partial charge on any atom is 0.313 e. The van der Waals surface area contributed by atoms with E-state index in [2.05, 4.69) is 19.9 Å². The first-order valence-corrected chi connectivity index (χ1v) is 10.6. The number of carbonyl (C=O) groups excluding carboxylic acids is 2. The molecule has 5 heteroatoms. The molecule has 3 fully saturated rings. The van der Waals surface area contributed by atoms with Gasteiger partial charge in [-0.3, -0.25) is 9.59 Å². The third-order valence-electron chi connectivity index (χ3n) is 9.25. The van der Waals surface area contributed by atoms with Crippen molar-refractivity contribution in [3.63, 3.8) is 0 Å². The summed E-state index contributed by atoms with van der Waals surface area (Å²) in [7, 11) is 1.42. The fraction of sp³-hybridized carbons (Fsp3) is 0.739. The van der Waals surface area contributed by atoms with Gasteiger partial charge in [0.25, 0.3) is 0 Å². The number of methoxy groups -OCH3 is 1. The van der Waals surface area contributed by atoms with Crippen molar-refractivity contribution in [3.8, 4) is 0 Å². The van der Waals surface area contributed by atoms with Gasteiger partial charge in [0.05, 0.1) is 25.2 Å². The molecule has 0 radical (unpaired) electrons. The van der Waals surface area contributed by atoms with Gasteiger partial charge >= 0.3 is 5.97 Å². The van der Waals surface area contributed by atoms with Gasteiger partial charge < -0.3 is 14.9 Å². The Labute approximate surface area is 165 Å². The van der Waals surface area contributed by atoms with Crippen molar-refractivity contribution in [3.05, 3.63) is 23.3 Å². The maximum absolute atomic E-state index is 12.8. The molecule has 2 unspecified atom stereocenters. The van der Waals surface area contributed by atoms with Crippen LogP contribution in [0.25, 0.3) is 0 Å². The molecular weight excluding hydrogens is 356 g/mol. The molecular formula is C23H30O5. The van der Waals surface area contributed by atoms with Crippen LogP contribution in [0, 0.1) is 40.4 Å². The molecule has 5 rings (SSSR count). The first kappa shape index (κ1) is 18.6. The number of ether oxygens (including phenoxy) is 1. The average molecular weight is 386 g/mol. The zero-order chi connectivity index (χ0) is 20.1. The van der Waals surface area contributed by atoms with Crippen LogP contribution >= 0.6 is 0 Å². The highest BCUT2D eigenvalue weighted by Crippen LogP contribution is 2.75. The summed E-state index contributed by atoms with van der Waals surface area (Å²) in [5.74, 6) is 0.137. The molecule has 0 saturated heterocycles. The lowest BCUT2D eigenvalue weighted by molar-refractivity contribution is -0.153. The van der Waals surface area contributed by atoms with Crippen molar-refractivity contribution in [1.29, 1.82) is 0 Å². The quantitative estimate of drug-likeness (QED) is 0.562. The van der Waals surface area contributed by atoms with Crippen LogP contribution in [-0.2, 0) is 14.3 Å². The van der Waals surface area contributed by atoms with Gasteiger partial charge in [-0.15, -0.1) is 0 Å². The van der Waals surface area contributed by atoms with Crippen molar-refractivity contribution in [2.45, 2.75) is 51.6 Å². The van der Waals surface area contributed by atoms with E-state index in [0.29, 0.717) is 25.2 Å². The molecule has 0 bridgehead atoms. The van der Waals surface area contributed by atoms with E-state index >= 15 is 0 Å². The Morgan fingerprint density at radius 1 is 1.36 bits per heavy atom. The number of Topliss-reactive ketones (excluding diaryl/α,β-unsaturated/α-hetero) is 1. The standard InChI is InChI=1S/C23H30O5/c1-21-6-4-13(25)8-12(21)9-15(20(26)28-3)18-16(21)5-7-22(2)19(18)14-10-17(14)23(22,27)11-24/h5,9,14-15,17-19,24,27H,4,6-8,10-11H2,1-3H3/t14-,15-,17+,18?,19?,21+,22+,23+/m1/s1. The third-order valence-corrected chi connectivity index (χ3v) is 9.25. The van der Waals surface area contributed by atoms with Gasteiger partial charge in [0.15, 0.2) is 0 Å². The van der Waals surface area contributed by atoms with Crippen LogP contribution in [-0.4, -0.2) is 41.3 Å². The number of fused-ring (bicyclic) bond motifs is 7. The van der Waals surface area contributed by atoms with Crippen molar-refractivity contribution < 1.29 is 24.5 Å². The van der Waals surface area contributed by atoms with Crippen LogP contribution in [0.4, 0.5) is 0 Å². The van der Waals surface area contributed by atoms with Crippen LogP contribution in [0.3, 0.4) is 0 Å². The largest absolute Gasteiger partial charge is 0.469 e. The molecule has 5 nitrogen and oxygen atoms in total. The zero-order valence-corrected chi connectivity index (χ0v) is 16.9. The molecule has 0 heterocycles. The normalized spacial score (nSPS) is 51.2. The number of rotatable bonds is 2. The summed E-state index contributed by atoms with van der Waals surface area (Å²) in [5.41, 5.74) is 0.617. The minimum Gasteiger partial charge on any atom is -0.469 e. The molecule has 0 spiro atoms. The highest BCUT2D eigenvalue weighted by molar-refractivity contribution is 5.84. The molecule has 0 amide bonds. The molecule has 2 N–H and O–H groups in total. The predicted molar refractivity (Wildman–Crippen MR) is 102 cm³/mol. The van der Waals surface area contributed by atoms with Crippen LogP contribution in [0.2, 0.25) is 0 Å². The Bertz CT molecular complexity index is 827. The number of allylic oxidation sites excluding steroid dienone is 3. The van der Waals surface area contributed by atoms with E-state index in [0.717, 1.165) is 18.4 Å². The molecule has 0 aromatic rings. The van der Waals surface area contributed by atoms with Crippen LogP contribution in [0.15, 0.2) is 23.3 Å². The van der Waals surface area contributed by atoms with Gasteiger partial charge in [-0.2, -0.15) is 0 Å². The molecule has 3 saturated carbocycles. The van der Waals surface area contributed by atoms with Gasteiger partial charge in [0.1, 0.15) is 5.78 Å². The first-order chi connectivity index (χ1) is 13.2. The highest BCUT2D eigenvalue weighted by Gasteiger charge is 2.76. The molecule has 0 aliphatic heterocycles. The number of carbonyl (C=O) groups is 2. The molecule has 0 aromatic carbocycles. The van der Waals surface area contributed by atoms with E-state index < -0.39 is 16.9 Å². The van der Waals surface area contributed by atoms with E-state index in [1.807, 2.05) is 6.08 Å². The number of esters is 1. The summed E-state index contributed by atoms with van der Waals surface area (Å²) in [4.78, 5) is 25.0. The monoisotopic (exact) mass is 386 g/mol. The van der Waals surface area contributed by atoms with Crippen LogP contribution < -0.4 is 0 Å². The number of hydrogen-bond acceptors (Lipinski definition) is 5. The van der Waals surface area contributed by atoms with Crippen molar-refractivity contribution in [2.75, 3.05) is 13.7 Å². The SMILES string of the molecule is COC(=O)[C@@H]1C=C2CC(=O)CC[C@]2(C)C2=CC[C@@]3(C)C(C21)[C@@H]1C[C@@H]1[C@@]3(O)CO. The molecule has 0 aromatic heterocycles. The Morgan fingerprint density at radius 3 is 2.79 bits per heavy atom. The Hall–Kier alpha value is -1.46. The lowest BCUT2D eigenvalue weighted by Crippen LogP contribution is -2.56. The summed E-state index contributed by atoms with van der Waals surface area (Å²) in [6.07, 6.45) is 7.66. The summed E-state index contributed by atoms with van der Waals surface area (Å²) in [6, 6.07) is 0. The van der Waals surface area contributed by atoms with Gasteiger partial charge in [0, 0.05) is 29.6 Å². The van der Waals surface area contributed by atoms with Crippen LogP contribution in [0.5, 0.6) is 0 Å². The second-order valence-corrected chi connectivity index (χ2v) is 10.2. The minimum absolute atomic E-state index is 0.0243. The third kappa shape index (κ3) is 2.00. The summed E-state index contributed by atoms with van der Waals surface area (Å²) < 4.78 is 5.18. The topological polar surface area (TPSA) is 83.8 Å². The zero-order valence-electron chi connectivity index (χ0n) is 16.9. The minimum atomic E-state index is -1.08. The average Bonchev–Trinajstić information content (AvgIpc) is 3.43. The van der Waals surface area contributed by atoms with E-state index in [1.165, 1.54) is 12.7 Å². The fourth-order valence-electron chi connectivity index (χ4n) is 7.57. The summed E-state index contributed by atoms with van der Waals surface area (Å²) in [5, 5.41) is 21.5. The number of ketones is 1. The number of aliphatic hydroxyl groups is 2. The molecule has 5 aliphatic rings. The molecule has 152 valence electrons. The number of hydrogen-bond donors (Lipinski definition) is 2. The lowest BCUT2D eigenvalue weighted by atomic mass is 9.48. The Balaban J connectivity index is 1.67. The van der Waals surface area contributed by atoms with Crippen molar-refractivity contribution in [2.24, 2.45) is 40.4 Å². The second-order valence-electron chi connectivity index (χ2n) is 10.2. The van der Waals surface area contributed by atoms with E-state index in [1.54, 1.807) is 0 Å². The molecule has 28 heavy (non-hydrogen) atoms. The summed E-state index contributed by atoms with van der Waals surface area (Å²) >= 11 is 0. The van der Waals surface area contributed by atoms with Gasteiger partial charge in [-0.05, 0) is 37.0 Å². The molecule has 8 atom stereocenters. The Kier molecular flexibility index (Phi) is 3.69. The smallest absolute Gasteiger partial charge is 0.313 e. The van der Waals surface area contributed by atoms with Crippen LogP contribution in [0.1, 0.15) is 46.0 Å². The lowest BCUT2D eigenvalue weighted by Gasteiger charge is -2.56. The van der Waals surface area contributed by atoms with Gasteiger partial charge in [-0.25, -0.2) is 0 Å². The van der Waals surface area contributed by atoms with Crippen molar-refractivity contribution in [1.82, 2.24) is 0 Å². The highest BCUT2D eigenvalue weighted by atomic mass is 16.5. The van der Waals surface area contributed by atoms with E-state index in [-0.39, 0.29) is 41.5 Å². The second kappa shape index (κ2) is 5.57. The number of aliphatic hydroxyl groups excluding tert-OH is 1. The van der Waals surface area contributed by atoms with E-state index in [4.69, 9.17) is 4.74 Å². The first-order valence-electron chi connectivity index (χ1n) is 10.6. The van der Waals surface area contributed by atoms with Gasteiger partial charge in [-0.1, -0.05) is 37.1 Å². The van der Waals surface area contributed by atoms with E-state index in [9.17, 15) is 19.8 Å². The Morgan fingerprint density at radius 2 is 2.11 bits per heavy atom. The van der Waals surface area contributed by atoms with Gasteiger partial charge in [0.2, 0.25) is 0 Å². The van der Waals surface area contributed by atoms with Crippen molar-refractivity contribution >= 4 is 11.8 Å². The fourth-order valence-corrected chi connectivity index (χ4v) is 7.57. The summed E-state index contributed by atoms with van der Waals surface area (Å²) in [6.45, 7) is 4.08. The predicted octanol–water partition coefficient (Wildman–Crippen LogP) is 2.42. The molecule has 5 aliphatic carbocycles.